The van der Waals surface area contributed by atoms with Crippen molar-refractivity contribution >= 4 is 17.7 Å². The molecule has 1 unspecified atom stereocenters. The number of carbonyl (C=O) groups is 2. The number of carboxylic acid groups (broad SMARTS) is 1. The Bertz CT molecular complexity index is 512. The molecular formula is C16H24N2O3. The monoisotopic (exact) mass is 292 g/mol. The molecule has 0 radical (unpaired) electrons. The zero-order valence-electron chi connectivity index (χ0n) is 13.1. The molecule has 0 spiro atoms. The van der Waals surface area contributed by atoms with E-state index in [4.69, 9.17) is 5.11 Å². The van der Waals surface area contributed by atoms with Gasteiger partial charge in [-0.25, -0.2) is 9.59 Å². The van der Waals surface area contributed by atoms with E-state index in [9.17, 15) is 9.59 Å². The number of carbonyl (C=O) groups excluding carboxylic acids is 1. The number of amides is 2. The highest BCUT2D eigenvalue weighted by Crippen LogP contribution is 2.21. The molecule has 21 heavy (non-hydrogen) atoms. The molecule has 0 heterocycles. The molecule has 5 heteroatoms. The molecule has 0 aromatic heterocycles. The molecule has 3 N–H and O–H groups in total. The van der Waals surface area contributed by atoms with Crippen molar-refractivity contribution in [2.75, 3.05) is 5.32 Å². The molecule has 0 saturated carbocycles. The lowest BCUT2D eigenvalue weighted by molar-refractivity contribution is -0.139. The Morgan fingerprint density at radius 1 is 1.29 bits per heavy atom. The molecule has 0 fully saturated rings. The first kappa shape index (κ1) is 17.0. The smallest absolute Gasteiger partial charge is 0.326 e. The van der Waals surface area contributed by atoms with E-state index in [1.165, 1.54) is 0 Å². The summed E-state index contributed by atoms with van der Waals surface area (Å²) >= 11 is 0. The quantitative estimate of drug-likeness (QED) is 0.753. The highest BCUT2D eigenvalue weighted by atomic mass is 16.4. The first-order valence-electron chi connectivity index (χ1n) is 7.24. The molecule has 0 saturated heterocycles. The van der Waals surface area contributed by atoms with Crippen LogP contribution >= 0.6 is 0 Å². The molecule has 0 aliphatic heterocycles. The van der Waals surface area contributed by atoms with Gasteiger partial charge in [-0.3, -0.25) is 0 Å². The molecule has 5 nitrogen and oxygen atoms in total. The Kier molecular flexibility index (Phi) is 6.21. The van der Waals surface area contributed by atoms with Crippen molar-refractivity contribution in [1.82, 2.24) is 5.32 Å². The Balaban J connectivity index is 2.79. The summed E-state index contributed by atoms with van der Waals surface area (Å²) in [6, 6.07) is 4.45. The maximum atomic E-state index is 12.0. The number of carboxylic acids is 1. The number of rotatable bonds is 6. The fourth-order valence-electron chi connectivity index (χ4n) is 2.20. The van der Waals surface area contributed by atoms with Crippen molar-refractivity contribution in [3.05, 3.63) is 29.3 Å². The number of para-hydroxylation sites is 1. The molecule has 1 aromatic rings. The first-order valence-corrected chi connectivity index (χ1v) is 7.24. The third kappa shape index (κ3) is 5.10. The van der Waals surface area contributed by atoms with Crippen LogP contribution in [-0.2, 0) is 11.2 Å². The SMILES string of the molecule is CCc1cccc(C)c1NC(=O)NC(CC(C)C)C(=O)O. The Hall–Kier alpha value is -2.04. The van der Waals surface area contributed by atoms with E-state index < -0.39 is 18.0 Å². The van der Waals surface area contributed by atoms with E-state index in [1.54, 1.807) is 0 Å². The van der Waals surface area contributed by atoms with Crippen molar-refractivity contribution in [2.45, 2.75) is 46.6 Å². The number of anilines is 1. The number of aryl methyl sites for hydroxylation is 2. The summed E-state index contributed by atoms with van der Waals surface area (Å²) in [4.78, 5) is 23.2. The van der Waals surface area contributed by atoms with E-state index in [0.29, 0.717) is 6.42 Å². The molecule has 2 amide bonds. The van der Waals surface area contributed by atoms with Gasteiger partial charge in [0.2, 0.25) is 0 Å². The van der Waals surface area contributed by atoms with Gasteiger partial charge >= 0.3 is 12.0 Å². The van der Waals surface area contributed by atoms with Crippen LogP contribution in [0.1, 0.15) is 38.3 Å². The Morgan fingerprint density at radius 2 is 1.95 bits per heavy atom. The summed E-state index contributed by atoms with van der Waals surface area (Å²) in [5.74, 6) is -0.824. The van der Waals surface area contributed by atoms with Crippen molar-refractivity contribution in [3.63, 3.8) is 0 Å². The zero-order valence-corrected chi connectivity index (χ0v) is 13.1. The van der Waals surface area contributed by atoms with Crippen LogP contribution in [0.4, 0.5) is 10.5 Å². The number of aliphatic carboxylic acids is 1. The normalized spacial score (nSPS) is 12.0. The third-order valence-electron chi connectivity index (χ3n) is 3.29. The van der Waals surface area contributed by atoms with Gasteiger partial charge in [0, 0.05) is 5.69 Å². The largest absolute Gasteiger partial charge is 0.480 e. The summed E-state index contributed by atoms with van der Waals surface area (Å²) in [6.07, 6.45) is 1.20. The summed E-state index contributed by atoms with van der Waals surface area (Å²) < 4.78 is 0. The van der Waals surface area contributed by atoms with E-state index in [2.05, 4.69) is 10.6 Å². The van der Waals surface area contributed by atoms with E-state index in [1.807, 2.05) is 45.9 Å². The molecule has 0 aliphatic rings. The Morgan fingerprint density at radius 3 is 2.48 bits per heavy atom. The van der Waals surface area contributed by atoms with Gasteiger partial charge in [-0.1, -0.05) is 39.0 Å². The second kappa shape index (κ2) is 7.67. The standard InChI is InChI=1S/C16H24N2O3/c1-5-12-8-6-7-11(4)14(12)18-16(21)17-13(15(19)20)9-10(2)3/h6-8,10,13H,5,9H2,1-4H3,(H,19,20)(H2,17,18,21). The minimum Gasteiger partial charge on any atom is -0.480 e. The molecule has 1 atom stereocenters. The fourth-order valence-corrected chi connectivity index (χ4v) is 2.20. The molecule has 1 aromatic carbocycles. The molecule has 0 bridgehead atoms. The third-order valence-corrected chi connectivity index (χ3v) is 3.29. The topological polar surface area (TPSA) is 78.4 Å². The van der Waals surface area contributed by atoms with Crippen LogP contribution in [0.3, 0.4) is 0 Å². The van der Waals surface area contributed by atoms with Crippen LogP contribution in [0.2, 0.25) is 0 Å². The van der Waals surface area contributed by atoms with Gasteiger partial charge in [0.1, 0.15) is 6.04 Å². The fraction of sp³-hybridized carbons (Fsp3) is 0.500. The van der Waals surface area contributed by atoms with Gasteiger partial charge in [-0.15, -0.1) is 0 Å². The van der Waals surface area contributed by atoms with Gasteiger partial charge in [0.25, 0.3) is 0 Å². The van der Waals surface area contributed by atoms with Crippen LogP contribution in [-0.4, -0.2) is 23.1 Å². The minimum absolute atomic E-state index is 0.191. The second-order valence-corrected chi connectivity index (χ2v) is 5.58. The number of benzene rings is 1. The predicted molar refractivity (Wildman–Crippen MR) is 83.6 cm³/mol. The lowest BCUT2D eigenvalue weighted by Crippen LogP contribution is -2.43. The summed E-state index contributed by atoms with van der Waals surface area (Å²) in [7, 11) is 0. The zero-order chi connectivity index (χ0) is 16.0. The van der Waals surface area contributed by atoms with Gasteiger partial charge in [0.15, 0.2) is 0 Å². The maximum Gasteiger partial charge on any atom is 0.326 e. The number of nitrogens with one attached hydrogen (secondary N) is 2. The maximum absolute atomic E-state index is 12.0. The molecule has 1 rings (SSSR count). The first-order chi connectivity index (χ1) is 9.85. The van der Waals surface area contributed by atoms with Gasteiger partial charge in [0.05, 0.1) is 0 Å². The van der Waals surface area contributed by atoms with Crippen LogP contribution in [0.15, 0.2) is 18.2 Å². The summed E-state index contributed by atoms with van der Waals surface area (Å²) in [6.45, 7) is 7.77. The summed E-state index contributed by atoms with van der Waals surface area (Å²) in [5, 5.41) is 14.5. The number of urea groups is 1. The number of hydrogen-bond acceptors (Lipinski definition) is 2. The Labute approximate surface area is 125 Å². The van der Waals surface area contributed by atoms with Gasteiger partial charge < -0.3 is 15.7 Å². The van der Waals surface area contributed by atoms with Crippen molar-refractivity contribution in [1.29, 1.82) is 0 Å². The minimum atomic E-state index is -1.01. The van der Waals surface area contributed by atoms with Crippen LogP contribution in [0.5, 0.6) is 0 Å². The number of hydrogen-bond donors (Lipinski definition) is 3. The lowest BCUT2D eigenvalue weighted by atomic mass is 10.0. The van der Waals surface area contributed by atoms with Crippen LogP contribution < -0.4 is 10.6 Å². The van der Waals surface area contributed by atoms with E-state index >= 15 is 0 Å². The van der Waals surface area contributed by atoms with Crippen LogP contribution in [0.25, 0.3) is 0 Å². The van der Waals surface area contributed by atoms with Crippen molar-refractivity contribution in [3.8, 4) is 0 Å². The van der Waals surface area contributed by atoms with E-state index in [-0.39, 0.29) is 5.92 Å². The second-order valence-electron chi connectivity index (χ2n) is 5.58. The van der Waals surface area contributed by atoms with Crippen LogP contribution in [0, 0.1) is 12.8 Å². The van der Waals surface area contributed by atoms with Crippen molar-refractivity contribution in [2.24, 2.45) is 5.92 Å². The average Bonchev–Trinajstić information content (AvgIpc) is 2.39. The molecule has 0 aliphatic carbocycles. The highest BCUT2D eigenvalue weighted by Gasteiger charge is 2.21. The average molecular weight is 292 g/mol. The van der Waals surface area contributed by atoms with Gasteiger partial charge in [-0.05, 0) is 36.8 Å². The molecular weight excluding hydrogens is 268 g/mol. The predicted octanol–water partition coefficient (Wildman–Crippen LogP) is 3.18. The van der Waals surface area contributed by atoms with Crippen molar-refractivity contribution < 1.29 is 14.7 Å². The highest BCUT2D eigenvalue weighted by molar-refractivity contribution is 5.93. The summed E-state index contributed by atoms with van der Waals surface area (Å²) in [5.41, 5.74) is 2.74. The van der Waals surface area contributed by atoms with Gasteiger partial charge in [-0.2, -0.15) is 0 Å². The lowest BCUT2D eigenvalue weighted by Gasteiger charge is -2.18. The molecule has 116 valence electrons. The van der Waals surface area contributed by atoms with E-state index in [0.717, 1.165) is 23.2 Å².